The molecule has 2 nitrogen and oxygen atoms in total. The molecule has 2 aromatic rings. The quantitative estimate of drug-likeness (QED) is 0.695. The van der Waals surface area contributed by atoms with E-state index in [2.05, 4.69) is 18.0 Å². The van der Waals surface area contributed by atoms with E-state index in [1.165, 1.54) is 10.9 Å². The second kappa shape index (κ2) is 3.29. The molecule has 1 aromatic heterocycles. The minimum absolute atomic E-state index is 0.847. The first kappa shape index (κ1) is 9.00. The van der Waals surface area contributed by atoms with Gasteiger partial charge >= 0.3 is 0 Å². The average Bonchev–Trinajstić information content (AvgIpc) is 2.19. The van der Waals surface area contributed by atoms with Gasteiger partial charge in [-0.2, -0.15) is 0 Å². The van der Waals surface area contributed by atoms with Crippen molar-refractivity contribution in [3.05, 3.63) is 35.5 Å². The van der Waals surface area contributed by atoms with Gasteiger partial charge in [-0.05, 0) is 42.7 Å². The maximum Gasteiger partial charge on any atom is 0.0708 e. The van der Waals surface area contributed by atoms with Gasteiger partial charge in [-0.1, -0.05) is 6.92 Å². The van der Waals surface area contributed by atoms with E-state index in [0.717, 1.165) is 23.2 Å². The number of aryl methyl sites for hydroxylation is 2. The molecule has 0 aliphatic heterocycles. The number of hydrogen-bond acceptors (Lipinski definition) is 2. The van der Waals surface area contributed by atoms with Gasteiger partial charge < -0.3 is 5.73 Å². The Kier molecular flexibility index (Phi) is 2.12. The molecule has 1 aromatic carbocycles. The molecule has 2 heteroatoms. The first-order chi connectivity index (χ1) is 6.72. The van der Waals surface area contributed by atoms with Gasteiger partial charge in [0.15, 0.2) is 0 Å². The molecule has 0 unspecified atom stereocenters. The molecule has 0 radical (unpaired) electrons. The predicted molar refractivity (Wildman–Crippen MR) is 60.3 cm³/mol. The van der Waals surface area contributed by atoms with Crippen LogP contribution in [0.3, 0.4) is 0 Å². The molecule has 0 amide bonds. The normalized spacial score (nSPS) is 10.7. The lowest BCUT2D eigenvalue weighted by Gasteiger charge is -2.06. The Balaban J connectivity index is 2.81. The van der Waals surface area contributed by atoms with Crippen molar-refractivity contribution in [3.8, 4) is 0 Å². The van der Waals surface area contributed by atoms with E-state index in [1.54, 1.807) is 0 Å². The third kappa shape index (κ3) is 1.33. The molecule has 0 fully saturated rings. The van der Waals surface area contributed by atoms with Crippen LogP contribution in [-0.4, -0.2) is 4.98 Å². The molecule has 2 N–H and O–H groups in total. The molecular weight excluding hydrogens is 172 g/mol. The van der Waals surface area contributed by atoms with Gasteiger partial charge in [-0.25, -0.2) is 0 Å². The van der Waals surface area contributed by atoms with Gasteiger partial charge in [0.05, 0.1) is 5.52 Å². The highest BCUT2D eigenvalue weighted by Gasteiger charge is 2.02. The van der Waals surface area contributed by atoms with Gasteiger partial charge in [0.25, 0.3) is 0 Å². The minimum atomic E-state index is 0.847. The monoisotopic (exact) mass is 186 g/mol. The van der Waals surface area contributed by atoms with E-state index in [0.29, 0.717) is 0 Å². The highest BCUT2D eigenvalue weighted by Crippen LogP contribution is 2.22. The highest BCUT2D eigenvalue weighted by molar-refractivity contribution is 5.86. The van der Waals surface area contributed by atoms with Crippen LogP contribution in [0.25, 0.3) is 10.9 Å². The Labute approximate surface area is 83.8 Å². The van der Waals surface area contributed by atoms with E-state index < -0.39 is 0 Å². The number of benzene rings is 1. The standard InChI is InChI=1S/C12H14N2/c1-3-9-4-5-14-12-6-8(2)11(13)7-10(9)12/h4-7H,3,13H2,1-2H3. The van der Waals surface area contributed by atoms with Crippen LogP contribution < -0.4 is 5.73 Å². The number of anilines is 1. The van der Waals surface area contributed by atoms with Crippen molar-refractivity contribution in [2.45, 2.75) is 20.3 Å². The summed E-state index contributed by atoms with van der Waals surface area (Å²) < 4.78 is 0. The van der Waals surface area contributed by atoms with Crippen LogP contribution in [0.5, 0.6) is 0 Å². The summed E-state index contributed by atoms with van der Waals surface area (Å²) in [5.74, 6) is 0. The summed E-state index contributed by atoms with van der Waals surface area (Å²) in [6.45, 7) is 4.15. The van der Waals surface area contributed by atoms with Crippen LogP contribution >= 0.6 is 0 Å². The van der Waals surface area contributed by atoms with Crippen LogP contribution in [0.2, 0.25) is 0 Å². The van der Waals surface area contributed by atoms with Crippen molar-refractivity contribution in [1.29, 1.82) is 0 Å². The van der Waals surface area contributed by atoms with Crippen LogP contribution in [-0.2, 0) is 6.42 Å². The number of nitrogens with zero attached hydrogens (tertiary/aromatic N) is 1. The molecule has 0 bridgehead atoms. The van der Waals surface area contributed by atoms with Crippen LogP contribution in [0.15, 0.2) is 24.4 Å². The van der Waals surface area contributed by atoms with Crippen molar-refractivity contribution in [2.75, 3.05) is 5.73 Å². The summed E-state index contributed by atoms with van der Waals surface area (Å²) in [5, 5.41) is 1.18. The number of nitrogen functional groups attached to an aromatic ring is 1. The summed E-state index contributed by atoms with van der Waals surface area (Å²) in [6, 6.07) is 6.12. The van der Waals surface area contributed by atoms with Gasteiger partial charge in [0.2, 0.25) is 0 Å². The Hall–Kier alpha value is -1.57. The fourth-order valence-corrected chi connectivity index (χ4v) is 1.68. The van der Waals surface area contributed by atoms with Crippen LogP contribution in [0, 0.1) is 6.92 Å². The van der Waals surface area contributed by atoms with E-state index in [4.69, 9.17) is 5.73 Å². The average molecular weight is 186 g/mol. The fraction of sp³-hybridized carbons (Fsp3) is 0.250. The molecule has 0 saturated heterocycles. The molecule has 0 saturated carbocycles. The predicted octanol–water partition coefficient (Wildman–Crippen LogP) is 2.69. The number of nitrogens with two attached hydrogens (primary N) is 1. The van der Waals surface area contributed by atoms with Crippen molar-refractivity contribution in [1.82, 2.24) is 4.98 Å². The summed E-state index contributed by atoms with van der Waals surface area (Å²) in [5.41, 5.74) is 10.2. The number of fused-ring (bicyclic) bond motifs is 1. The molecule has 2 rings (SSSR count). The molecular formula is C12H14N2. The third-order valence-corrected chi connectivity index (χ3v) is 2.60. The SMILES string of the molecule is CCc1ccnc2cc(C)c(N)cc12. The Bertz CT molecular complexity index is 475. The molecule has 1 heterocycles. The lowest BCUT2D eigenvalue weighted by atomic mass is 10.0. The van der Waals surface area contributed by atoms with Crippen LogP contribution in [0.4, 0.5) is 5.69 Å². The maximum atomic E-state index is 5.88. The maximum absolute atomic E-state index is 5.88. The van der Waals surface area contributed by atoms with E-state index in [9.17, 15) is 0 Å². The summed E-state index contributed by atoms with van der Waals surface area (Å²) in [4.78, 5) is 4.34. The number of aromatic nitrogens is 1. The fourth-order valence-electron chi connectivity index (χ4n) is 1.68. The van der Waals surface area contributed by atoms with E-state index >= 15 is 0 Å². The zero-order chi connectivity index (χ0) is 10.1. The molecule has 0 aliphatic rings. The highest BCUT2D eigenvalue weighted by atomic mass is 14.7. The van der Waals surface area contributed by atoms with Crippen molar-refractivity contribution >= 4 is 16.6 Å². The van der Waals surface area contributed by atoms with Crippen molar-refractivity contribution < 1.29 is 0 Å². The summed E-state index contributed by atoms with van der Waals surface area (Å²) in [6.07, 6.45) is 2.87. The van der Waals surface area contributed by atoms with Gasteiger partial charge in [-0.15, -0.1) is 0 Å². The Morgan fingerprint density at radius 1 is 1.36 bits per heavy atom. The second-order valence-electron chi connectivity index (χ2n) is 3.55. The smallest absolute Gasteiger partial charge is 0.0708 e. The second-order valence-corrected chi connectivity index (χ2v) is 3.55. The molecule has 0 atom stereocenters. The van der Waals surface area contributed by atoms with Crippen molar-refractivity contribution in [2.24, 2.45) is 0 Å². The lowest BCUT2D eigenvalue weighted by molar-refractivity contribution is 1.15. The molecule has 0 spiro atoms. The topological polar surface area (TPSA) is 38.9 Å². The largest absolute Gasteiger partial charge is 0.398 e. The Morgan fingerprint density at radius 3 is 2.86 bits per heavy atom. The third-order valence-electron chi connectivity index (χ3n) is 2.60. The number of hydrogen-bond donors (Lipinski definition) is 1. The zero-order valence-corrected chi connectivity index (χ0v) is 8.54. The van der Waals surface area contributed by atoms with Crippen molar-refractivity contribution in [3.63, 3.8) is 0 Å². The Morgan fingerprint density at radius 2 is 2.14 bits per heavy atom. The lowest BCUT2D eigenvalue weighted by Crippen LogP contribution is -1.93. The number of rotatable bonds is 1. The van der Waals surface area contributed by atoms with Gasteiger partial charge in [0.1, 0.15) is 0 Å². The molecule has 72 valence electrons. The van der Waals surface area contributed by atoms with E-state index in [-0.39, 0.29) is 0 Å². The summed E-state index contributed by atoms with van der Waals surface area (Å²) in [7, 11) is 0. The number of pyridine rings is 1. The molecule has 14 heavy (non-hydrogen) atoms. The van der Waals surface area contributed by atoms with Gasteiger partial charge in [0, 0.05) is 17.3 Å². The van der Waals surface area contributed by atoms with Crippen LogP contribution in [0.1, 0.15) is 18.1 Å². The summed E-state index contributed by atoms with van der Waals surface area (Å²) >= 11 is 0. The minimum Gasteiger partial charge on any atom is -0.398 e. The zero-order valence-electron chi connectivity index (χ0n) is 8.54. The van der Waals surface area contributed by atoms with Gasteiger partial charge in [-0.3, -0.25) is 4.98 Å². The molecule has 0 aliphatic carbocycles. The first-order valence-corrected chi connectivity index (χ1v) is 4.86. The first-order valence-electron chi connectivity index (χ1n) is 4.86. The van der Waals surface area contributed by atoms with E-state index in [1.807, 2.05) is 25.3 Å².